The zero-order valence-electron chi connectivity index (χ0n) is 9.69. The molecule has 1 aliphatic rings. The van der Waals surface area contributed by atoms with Gasteiger partial charge >= 0.3 is 0 Å². The number of phenols is 1. The second-order valence-electron chi connectivity index (χ2n) is 4.75. The van der Waals surface area contributed by atoms with E-state index in [9.17, 15) is 5.11 Å². The second-order valence-corrected chi connectivity index (χ2v) is 4.75. The van der Waals surface area contributed by atoms with Crippen LogP contribution < -0.4 is 11.1 Å². The molecule has 1 fully saturated rings. The predicted molar refractivity (Wildman–Crippen MR) is 65.3 cm³/mol. The Morgan fingerprint density at radius 1 is 1.44 bits per heavy atom. The molecule has 16 heavy (non-hydrogen) atoms. The summed E-state index contributed by atoms with van der Waals surface area (Å²) >= 11 is 0. The van der Waals surface area contributed by atoms with Gasteiger partial charge in [0.15, 0.2) is 0 Å². The number of aromatic hydroxyl groups is 1. The van der Waals surface area contributed by atoms with Crippen LogP contribution in [0.25, 0.3) is 0 Å². The van der Waals surface area contributed by atoms with Crippen LogP contribution in [0.15, 0.2) is 24.3 Å². The van der Waals surface area contributed by atoms with Gasteiger partial charge in [0.05, 0.1) is 0 Å². The van der Waals surface area contributed by atoms with Gasteiger partial charge in [-0.15, -0.1) is 0 Å². The Balaban J connectivity index is 1.95. The highest BCUT2D eigenvalue weighted by molar-refractivity contribution is 5.29. The molecule has 2 rings (SSSR count). The van der Waals surface area contributed by atoms with Gasteiger partial charge in [0.25, 0.3) is 0 Å². The third-order valence-electron chi connectivity index (χ3n) is 3.33. The van der Waals surface area contributed by atoms with Gasteiger partial charge in [-0.1, -0.05) is 12.1 Å². The molecule has 0 bridgehead atoms. The molecule has 3 unspecified atom stereocenters. The first-order valence-corrected chi connectivity index (χ1v) is 5.95. The van der Waals surface area contributed by atoms with E-state index in [2.05, 4.69) is 12.2 Å². The van der Waals surface area contributed by atoms with Crippen LogP contribution in [0, 0.1) is 0 Å². The molecular formula is C13H20N2O. The Bertz CT molecular complexity index is 354. The van der Waals surface area contributed by atoms with Gasteiger partial charge in [-0.25, -0.2) is 0 Å². The van der Waals surface area contributed by atoms with E-state index in [-0.39, 0.29) is 6.04 Å². The fourth-order valence-corrected chi connectivity index (χ4v) is 2.41. The highest BCUT2D eigenvalue weighted by Crippen LogP contribution is 2.23. The van der Waals surface area contributed by atoms with Gasteiger partial charge in [0, 0.05) is 18.1 Å². The van der Waals surface area contributed by atoms with E-state index >= 15 is 0 Å². The minimum atomic E-state index is 0.266. The van der Waals surface area contributed by atoms with Crippen LogP contribution in [0.3, 0.4) is 0 Å². The minimum Gasteiger partial charge on any atom is -0.508 e. The molecule has 0 saturated heterocycles. The first-order chi connectivity index (χ1) is 7.65. The summed E-state index contributed by atoms with van der Waals surface area (Å²) in [6, 6.07) is 8.56. The maximum atomic E-state index is 9.42. The van der Waals surface area contributed by atoms with Gasteiger partial charge in [-0.2, -0.15) is 0 Å². The lowest BCUT2D eigenvalue weighted by Crippen LogP contribution is -2.30. The number of phenolic OH excluding ortho intramolecular Hbond substituents is 1. The Hall–Kier alpha value is -1.06. The number of hydrogen-bond donors (Lipinski definition) is 3. The van der Waals surface area contributed by atoms with E-state index in [1.807, 2.05) is 18.2 Å². The zero-order valence-corrected chi connectivity index (χ0v) is 9.69. The van der Waals surface area contributed by atoms with E-state index in [0.717, 1.165) is 24.8 Å². The Labute approximate surface area is 96.7 Å². The normalized spacial score (nSPS) is 26.9. The van der Waals surface area contributed by atoms with Crippen LogP contribution in [0.5, 0.6) is 5.75 Å². The van der Waals surface area contributed by atoms with Crippen molar-refractivity contribution in [3.05, 3.63) is 29.8 Å². The van der Waals surface area contributed by atoms with Crippen molar-refractivity contribution in [2.75, 3.05) is 0 Å². The van der Waals surface area contributed by atoms with Crippen molar-refractivity contribution >= 4 is 0 Å². The third-order valence-corrected chi connectivity index (χ3v) is 3.33. The summed E-state index contributed by atoms with van der Waals surface area (Å²) in [6.07, 6.45) is 3.33. The summed E-state index contributed by atoms with van der Waals surface area (Å²) in [6.45, 7) is 2.12. The molecule has 4 N–H and O–H groups in total. The molecule has 0 radical (unpaired) electrons. The second kappa shape index (κ2) is 4.85. The molecule has 0 spiro atoms. The molecule has 0 aromatic heterocycles. The molecule has 3 atom stereocenters. The Kier molecular flexibility index (Phi) is 3.46. The van der Waals surface area contributed by atoms with Crippen molar-refractivity contribution in [2.24, 2.45) is 5.73 Å². The zero-order chi connectivity index (χ0) is 11.5. The highest BCUT2D eigenvalue weighted by atomic mass is 16.3. The molecule has 0 heterocycles. The van der Waals surface area contributed by atoms with Crippen LogP contribution in [0.4, 0.5) is 0 Å². The van der Waals surface area contributed by atoms with E-state index in [1.165, 1.54) is 0 Å². The first kappa shape index (κ1) is 11.4. The SMILES string of the molecule is CC(NC1CCC(N)C1)c1cccc(O)c1. The maximum absolute atomic E-state index is 9.42. The molecule has 3 heteroatoms. The quantitative estimate of drug-likeness (QED) is 0.729. The summed E-state index contributed by atoms with van der Waals surface area (Å²) in [5, 5.41) is 13.0. The van der Waals surface area contributed by atoms with E-state index in [0.29, 0.717) is 17.8 Å². The van der Waals surface area contributed by atoms with Gasteiger partial charge in [-0.3, -0.25) is 0 Å². The lowest BCUT2D eigenvalue weighted by molar-refractivity contribution is 0.449. The van der Waals surface area contributed by atoms with E-state index < -0.39 is 0 Å². The molecule has 0 aliphatic heterocycles. The topological polar surface area (TPSA) is 58.3 Å². The van der Waals surface area contributed by atoms with Gasteiger partial charge in [0.1, 0.15) is 5.75 Å². The number of hydrogen-bond acceptors (Lipinski definition) is 3. The summed E-state index contributed by atoms with van der Waals surface area (Å²) in [5.74, 6) is 0.328. The maximum Gasteiger partial charge on any atom is 0.115 e. The number of nitrogens with two attached hydrogens (primary N) is 1. The number of benzene rings is 1. The largest absolute Gasteiger partial charge is 0.508 e. The average molecular weight is 220 g/mol. The van der Waals surface area contributed by atoms with Crippen LogP contribution >= 0.6 is 0 Å². The van der Waals surface area contributed by atoms with Crippen molar-refractivity contribution in [3.63, 3.8) is 0 Å². The minimum absolute atomic E-state index is 0.266. The molecule has 1 aliphatic carbocycles. The molecular weight excluding hydrogens is 200 g/mol. The van der Waals surface area contributed by atoms with Gasteiger partial charge < -0.3 is 16.2 Å². The molecule has 1 saturated carbocycles. The average Bonchev–Trinajstić information content (AvgIpc) is 2.64. The summed E-state index contributed by atoms with van der Waals surface area (Å²) in [7, 11) is 0. The van der Waals surface area contributed by atoms with E-state index in [4.69, 9.17) is 5.73 Å². The lowest BCUT2D eigenvalue weighted by atomic mass is 10.1. The summed E-state index contributed by atoms with van der Waals surface area (Å²) in [5.41, 5.74) is 7.01. The van der Waals surface area contributed by atoms with Crippen LogP contribution in [0.1, 0.15) is 37.8 Å². The van der Waals surface area contributed by atoms with Crippen molar-refractivity contribution in [3.8, 4) is 5.75 Å². The van der Waals surface area contributed by atoms with Crippen LogP contribution in [0.2, 0.25) is 0 Å². The highest BCUT2D eigenvalue weighted by Gasteiger charge is 2.23. The monoisotopic (exact) mass is 220 g/mol. The summed E-state index contributed by atoms with van der Waals surface area (Å²) in [4.78, 5) is 0. The van der Waals surface area contributed by atoms with Gasteiger partial charge in [0.2, 0.25) is 0 Å². The summed E-state index contributed by atoms with van der Waals surface area (Å²) < 4.78 is 0. The van der Waals surface area contributed by atoms with Crippen LogP contribution in [-0.2, 0) is 0 Å². The van der Waals surface area contributed by atoms with Crippen molar-refractivity contribution in [1.29, 1.82) is 0 Å². The lowest BCUT2D eigenvalue weighted by Gasteiger charge is -2.19. The smallest absolute Gasteiger partial charge is 0.115 e. The third kappa shape index (κ3) is 2.74. The molecule has 1 aromatic rings. The van der Waals surface area contributed by atoms with Gasteiger partial charge in [-0.05, 0) is 43.9 Å². The van der Waals surface area contributed by atoms with Crippen molar-refractivity contribution in [2.45, 2.75) is 44.3 Å². The molecule has 0 amide bonds. The van der Waals surface area contributed by atoms with Crippen molar-refractivity contribution in [1.82, 2.24) is 5.32 Å². The Morgan fingerprint density at radius 2 is 2.25 bits per heavy atom. The fraction of sp³-hybridized carbons (Fsp3) is 0.538. The Morgan fingerprint density at radius 3 is 2.88 bits per heavy atom. The number of rotatable bonds is 3. The van der Waals surface area contributed by atoms with E-state index in [1.54, 1.807) is 6.07 Å². The fourth-order valence-electron chi connectivity index (χ4n) is 2.41. The standard InChI is InChI=1S/C13H20N2O/c1-9(10-3-2-4-13(16)7-10)15-12-6-5-11(14)8-12/h2-4,7,9,11-12,15-16H,5-6,8,14H2,1H3. The number of nitrogens with one attached hydrogen (secondary N) is 1. The van der Waals surface area contributed by atoms with Crippen LogP contribution in [-0.4, -0.2) is 17.2 Å². The van der Waals surface area contributed by atoms with Crippen molar-refractivity contribution < 1.29 is 5.11 Å². The predicted octanol–water partition coefficient (Wildman–Crippen LogP) is 1.92. The first-order valence-electron chi connectivity index (χ1n) is 5.95. The molecule has 3 nitrogen and oxygen atoms in total. The molecule has 88 valence electrons. The molecule has 1 aromatic carbocycles.